The van der Waals surface area contributed by atoms with Gasteiger partial charge in [0, 0.05) is 35.8 Å². The van der Waals surface area contributed by atoms with Crippen molar-refractivity contribution in [3.63, 3.8) is 0 Å². The van der Waals surface area contributed by atoms with Gasteiger partial charge < -0.3 is 5.32 Å². The smallest absolute Gasteiger partial charge is 0.124 e. The molecule has 2 heterocycles. The zero-order valence-corrected chi connectivity index (χ0v) is 19.6. The predicted molar refractivity (Wildman–Crippen MR) is 136 cm³/mol. The number of halogens is 1. The number of aryl methyl sites for hydroxylation is 1. The lowest BCUT2D eigenvalue weighted by molar-refractivity contribution is 0.220. The predicted octanol–water partition coefficient (Wildman–Crippen LogP) is 6.46. The van der Waals surface area contributed by atoms with Crippen LogP contribution in [0.2, 0.25) is 0 Å². The fourth-order valence-electron chi connectivity index (χ4n) is 3.98. The van der Waals surface area contributed by atoms with Gasteiger partial charge in [-0.25, -0.2) is 4.39 Å². The van der Waals surface area contributed by atoms with Gasteiger partial charge in [0.05, 0.1) is 11.4 Å². The Labute approximate surface area is 196 Å². The number of pyridine rings is 1. The number of hydrogen-bond donors (Lipinski definition) is 2. The van der Waals surface area contributed by atoms with Crippen LogP contribution >= 0.6 is 0 Å². The number of hydrogen-bond acceptors (Lipinski definition) is 4. The van der Waals surface area contributed by atoms with Crippen molar-refractivity contribution in [1.82, 2.24) is 15.2 Å². The summed E-state index contributed by atoms with van der Waals surface area (Å²) in [4.78, 5) is 6.96. The number of aromatic nitrogens is 1. The lowest BCUT2D eigenvalue weighted by Crippen LogP contribution is -2.29. The number of rotatable bonds is 9. The summed E-state index contributed by atoms with van der Waals surface area (Å²) in [6.07, 6.45) is 11.8. The van der Waals surface area contributed by atoms with Gasteiger partial charge in [0.1, 0.15) is 5.83 Å². The highest BCUT2D eigenvalue weighted by Gasteiger charge is 2.14. The van der Waals surface area contributed by atoms with Gasteiger partial charge in [0.15, 0.2) is 0 Å². The SMILES string of the molecule is C=C/C(F)=C\C(=C/C)NC(=C)C(=N)c1cc(-c2cncc(CN3CCCCC3)c2)ccc1C. The van der Waals surface area contributed by atoms with Gasteiger partial charge in [-0.3, -0.25) is 15.3 Å². The minimum absolute atomic E-state index is 0.263. The molecule has 1 aromatic carbocycles. The number of nitrogens with zero attached hydrogens (tertiary/aromatic N) is 2. The van der Waals surface area contributed by atoms with Crippen LogP contribution in [0.15, 0.2) is 85.3 Å². The monoisotopic (exact) mass is 444 g/mol. The molecule has 33 heavy (non-hydrogen) atoms. The van der Waals surface area contributed by atoms with Crippen LogP contribution in [0, 0.1) is 12.3 Å². The van der Waals surface area contributed by atoms with Gasteiger partial charge in [-0.05, 0) is 80.8 Å². The van der Waals surface area contributed by atoms with Gasteiger partial charge in [-0.15, -0.1) is 0 Å². The Kier molecular flexibility index (Phi) is 8.50. The molecular formula is C28H33FN4. The molecule has 2 aromatic rings. The number of piperidine rings is 1. The molecule has 5 heteroatoms. The van der Waals surface area contributed by atoms with E-state index in [4.69, 9.17) is 5.41 Å². The first-order valence-electron chi connectivity index (χ1n) is 11.4. The van der Waals surface area contributed by atoms with Crippen molar-refractivity contribution in [3.8, 4) is 11.1 Å². The summed E-state index contributed by atoms with van der Waals surface area (Å²) >= 11 is 0. The lowest BCUT2D eigenvalue weighted by atomic mass is 9.96. The van der Waals surface area contributed by atoms with Crippen molar-refractivity contribution in [3.05, 3.63) is 102 Å². The third-order valence-electron chi connectivity index (χ3n) is 5.89. The topological polar surface area (TPSA) is 52.0 Å². The van der Waals surface area contributed by atoms with Crippen molar-refractivity contribution in [2.24, 2.45) is 0 Å². The second-order valence-corrected chi connectivity index (χ2v) is 8.40. The molecular weight excluding hydrogens is 411 g/mol. The molecule has 1 aliphatic heterocycles. The van der Waals surface area contributed by atoms with Gasteiger partial charge >= 0.3 is 0 Å². The molecule has 0 saturated carbocycles. The van der Waals surface area contributed by atoms with Crippen LogP contribution in [0.3, 0.4) is 0 Å². The van der Waals surface area contributed by atoms with E-state index < -0.39 is 5.83 Å². The molecule has 0 spiro atoms. The molecule has 0 unspecified atom stereocenters. The molecule has 0 atom stereocenters. The normalized spacial score (nSPS) is 15.2. The summed E-state index contributed by atoms with van der Waals surface area (Å²) in [6, 6.07) is 8.26. The zero-order valence-electron chi connectivity index (χ0n) is 19.6. The van der Waals surface area contributed by atoms with Crippen LogP contribution in [0.5, 0.6) is 0 Å². The van der Waals surface area contributed by atoms with E-state index >= 15 is 0 Å². The highest BCUT2D eigenvalue weighted by atomic mass is 19.1. The van der Waals surface area contributed by atoms with Crippen LogP contribution in [0.1, 0.15) is 42.9 Å². The van der Waals surface area contributed by atoms with E-state index in [9.17, 15) is 4.39 Å². The van der Waals surface area contributed by atoms with Crippen molar-refractivity contribution in [2.45, 2.75) is 39.7 Å². The van der Waals surface area contributed by atoms with Gasteiger partial charge in [-0.2, -0.15) is 0 Å². The maximum absolute atomic E-state index is 13.6. The minimum atomic E-state index is -0.454. The summed E-state index contributed by atoms with van der Waals surface area (Å²) in [5.41, 5.74) is 6.16. The molecule has 0 radical (unpaired) electrons. The largest absolute Gasteiger partial charge is 0.354 e. The maximum Gasteiger partial charge on any atom is 0.124 e. The van der Waals surface area contributed by atoms with Crippen molar-refractivity contribution < 1.29 is 4.39 Å². The molecule has 3 rings (SSSR count). The zero-order chi connectivity index (χ0) is 23.8. The summed E-state index contributed by atoms with van der Waals surface area (Å²) < 4.78 is 13.6. The fourth-order valence-corrected chi connectivity index (χ4v) is 3.98. The molecule has 2 N–H and O–H groups in total. The first-order valence-corrected chi connectivity index (χ1v) is 11.4. The minimum Gasteiger partial charge on any atom is -0.354 e. The van der Waals surface area contributed by atoms with Crippen molar-refractivity contribution in [1.29, 1.82) is 5.41 Å². The van der Waals surface area contributed by atoms with Crippen LogP contribution in [0.25, 0.3) is 11.1 Å². The van der Waals surface area contributed by atoms with Crippen LogP contribution in [0.4, 0.5) is 4.39 Å². The third-order valence-corrected chi connectivity index (χ3v) is 5.89. The van der Waals surface area contributed by atoms with E-state index in [2.05, 4.69) is 40.5 Å². The standard InChI is InChI=1S/C28H33FN4/c1-5-25(29)16-26(6-2)32-21(4)28(30)27-15-23(11-10-20(27)3)24-14-22(17-31-18-24)19-33-12-8-7-9-13-33/h5-6,10-11,14-18,30,32H,1,4,7-9,12-13,19H2,2-3H3/b25-16+,26-6+,30-28?. The number of allylic oxidation sites excluding steroid dienone is 5. The molecule has 0 amide bonds. The Morgan fingerprint density at radius 3 is 2.64 bits per heavy atom. The molecule has 4 nitrogen and oxygen atoms in total. The molecule has 172 valence electrons. The number of likely N-dealkylation sites (tertiary alicyclic amines) is 1. The van der Waals surface area contributed by atoms with Crippen molar-refractivity contribution in [2.75, 3.05) is 13.1 Å². The Morgan fingerprint density at radius 2 is 1.94 bits per heavy atom. The quantitative estimate of drug-likeness (QED) is 0.345. The number of nitrogens with one attached hydrogen (secondary N) is 2. The van der Waals surface area contributed by atoms with Gasteiger partial charge in [0.25, 0.3) is 0 Å². The molecule has 0 bridgehead atoms. The lowest BCUT2D eigenvalue weighted by Gasteiger charge is -2.26. The van der Waals surface area contributed by atoms with E-state index in [0.717, 1.165) is 48.0 Å². The average molecular weight is 445 g/mol. The van der Waals surface area contributed by atoms with E-state index in [1.165, 1.54) is 30.9 Å². The third kappa shape index (κ3) is 6.59. The second-order valence-electron chi connectivity index (χ2n) is 8.40. The average Bonchev–Trinajstić information content (AvgIpc) is 2.84. The fraction of sp³-hybridized carbons (Fsp3) is 0.286. The van der Waals surface area contributed by atoms with Crippen molar-refractivity contribution >= 4 is 5.71 Å². The van der Waals surface area contributed by atoms with Crippen LogP contribution < -0.4 is 5.32 Å². The molecule has 1 saturated heterocycles. The van der Waals surface area contributed by atoms with Crippen LogP contribution in [-0.2, 0) is 6.54 Å². The summed E-state index contributed by atoms with van der Waals surface area (Å²) in [6.45, 7) is 14.4. The second kappa shape index (κ2) is 11.5. The Balaban J connectivity index is 1.80. The first-order chi connectivity index (χ1) is 15.9. The highest BCUT2D eigenvalue weighted by Crippen LogP contribution is 2.25. The van der Waals surface area contributed by atoms with E-state index in [1.807, 2.05) is 31.5 Å². The molecule has 0 aliphatic carbocycles. The summed E-state index contributed by atoms with van der Waals surface area (Å²) in [5.74, 6) is -0.454. The Bertz CT molecular complexity index is 1090. The van der Waals surface area contributed by atoms with Crippen LogP contribution in [-0.4, -0.2) is 28.7 Å². The number of benzene rings is 1. The van der Waals surface area contributed by atoms with E-state index in [0.29, 0.717) is 11.4 Å². The summed E-state index contributed by atoms with van der Waals surface area (Å²) in [5, 5.41) is 11.7. The Hall–Kier alpha value is -3.31. The van der Waals surface area contributed by atoms with Gasteiger partial charge in [0.2, 0.25) is 0 Å². The molecule has 1 aromatic heterocycles. The van der Waals surface area contributed by atoms with E-state index in [1.54, 1.807) is 13.0 Å². The first kappa shape index (κ1) is 24.3. The van der Waals surface area contributed by atoms with E-state index in [-0.39, 0.29) is 5.71 Å². The molecule has 1 aliphatic rings. The molecule has 1 fully saturated rings. The summed E-state index contributed by atoms with van der Waals surface area (Å²) in [7, 11) is 0. The van der Waals surface area contributed by atoms with Gasteiger partial charge in [-0.1, -0.05) is 37.8 Å². The Morgan fingerprint density at radius 1 is 1.18 bits per heavy atom. The highest BCUT2D eigenvalue weighted by molar-refractivity contribution is 6.11. The maximum atomic E-state index is 13.6.